The van der Waals surface area contributed by atoms with E-state index in [2.05, 4.69) is 5.32 Å². The van der Waals surface area contributed by atoms with Crippen molar-refractivity contribution in [1.82, 2.24) is 0 Å². The first-order chi connectivity index (χ1) is 12.2. The van der Waals surface area contributed by atoms with Gasteiger partial charge in [-0.2, -0.15) is 13.2 Å². The Balaban J connectivity index is 1.70. The predicted octanol–water partition coefficient (Wildman–Crippen LogP) is 4.01. The number of amides is 2. The molecule has 1 saturated heterocycles. The van der Waals surface area contributed by atoms with Crippen molar-refractivity contribution in [2.24, 2.45) is 5.92 Å². The lowest BCUT2D eigenvalue weighted by Crippen LogP contribution is -2.28. The number of hydrogen-bond acceptors (Lipinski definition) is 2. The van der Waals surface area contributed by atoms with Gasteiger partial charge in [-0.1, -0.05) is 23.8 Å². The fourth-order valence-electron chi connectivity index (χ4n) is 2.88. The summed E-state index contributed by atoms with van der Waals surface area (Å²) in [5.41, 5.74) is 0.986. The van der Waals surface area contributed by atoms with E-state index in [0.29, 0.717) is 5.69 Å². The van der Waals surface area contributed by atoms with E-state index >= 15 is 0 Å². The normalized spacial score (nSPS) is 17.5. The lowest BCUT2D eigenvalue weighted by molar-refractivity contribution is -0.137. The fraction of sp³-hybridized carbons (Fsp3) is 0.263. The number of aryl methyl sites for hydroxylation is 1. The zero-order chi connectivity index (χ0) is 18.9. The van der Waals surface area contributed by atoms with Crippen LogP contribution in [0.5, 0.6) is 0 Å². The van der Waals surface area contributed by atoms with Crippen molar-refractivity contribution in [3.05, 3.63) is 59.7 Å². The number of benzene rings is 2. The van der Waals surface area contributed by atoms with Crippen molar-refractivity contribution in [2.75, 3.05) is 16.8 Å². The number of anilines is 2. The summed E-state index contributed by atoms with van der Waals surface area (Å²) in [5.74, 6) is -1.26. The van der Waals surface area contributed by atoms with Gasteiger partial charge in [0.15, 0.2) is 0 Å². The quantitative estimate of drug-likeness (QED) is 0.897. The first-order valence-corrected chi connectivity index (χ1v) is 8.09. The highest BCUT2D eigenvalue weighted by molar-refractivity contribution is 6.03. The van der Waals surface area contributed by atoms with Gasteiger partial charge in [0.05, 0.1) is 11.5 Å². The van der Waals surface area contributed by atoms with Crippen LogP contribution in [0.3, 0.4) is 0 Å². The van der Waals surface area contributed by atoms with Gasteiger partial charge in [0.25, 0.3) is 0 Å². The molecule has 0 saturated carbocycles. The summed E-state index contributed by atoms with van der Waals surface area (Å²) in [7, 11) is 0. The second-order valence-electron chi connectivity index (χ2n) is 6.31. The second kappa shape index (κ2) is 6.82. The number of carbonyl (C=O) groups is 2. The fourth-order valence-corrected chi connectivity index (χ4v) is 2.88. The van der Waals surface area contributed by atoms with Crippen LogP contribution in [0.25, 0.3) is 0 Å². The number of alkyl halides is 3. The van der Waals surface area contributed by atoms with E-state index in [1.54, 1.807) is 12.1 Å². The van der Waals surface area contributed by atoms with Gasteiger partial charge in [-0.25, -0.2) is 0 Å². The lowest BCUT2D eigenvalue weighted by Gasteiger charge is -2.17. The third-order valence-corrected chi connectivity index (χ3v) is 4.30. The smallest absolute Gasteiger partial charge is 0.326 e. The Kier molecular flexibility index (Phi) is 4.71. The third kappa shape index (κ3) is 3.87. The van der Waals surface area contributed by atoms with Gasteiger partial charge in [-0.15, -0.1) is 0 Å². The van der Waals surface area contributed by atoms with Crippen LogP contribution in [0, 0.1) is 12.8 Å². The minimum atomic E-state index is -4.48. The van der Waals surface area contributed by atoms with Gasteiger partial charge >= 0.3 is 6.18 Å². The highest BCUT2D eigenvalue weighted by Crippen LogP contribution is 2.31. The highest BCUT2D eigenvalue weighted by Gasteiger charge is 2.35. The molecule has 2 aromatic carbocycles. The van der Waals surface area contributed by atoms with E-state index in [9.17, 15) is 22.8 Å². The van der Waals surface area contributed by atoms with E-state index in [0.717, 1.165) is 17.7 Å². The van der Waals surface area contributed by atoms with Crippen molar-refractivity contribution in [3.8, 4) is 0 Å². The summed E-state index contributed by atoms with van der Waals surface area (Å²) in [5, 5.41) is 2.48. The zero-order valence-electron chi connectivity index (χ0n) is 14.0. The monoisotopic (exact) mass is 362 g/mol. The van der Waals surface area contributed by atoms with Crippen LogP contribution in [-0.2, 0) is 15.8 Å². The predicted molar refractivity (Wildman–Crippen MR) is 91.7 cm³/mol. The van der Waals surface area contributed by atoms with Crippen molar-refractivity contribution in [1.29, 1.82) is 0 Å². The largest absolute Gasteiger partial charge is 0.416 e. The zero-order valence-corrected chi connectivity index (χ0v) is 14.0. The van der Waals surface area contributed by atoms with Gasteiger partial charge in [-0.05, 0) is 37.3 Å². The van der Waals surface area contributed by atoms with Crippen molar-refractivity contribution in [2.45, 2.75) is 19.5 Å². The molecule has 136 valence electrons. The Labute approximate surface area is 148 Å². The van der Waals surface area contributed by atoms with Gasteiger partial charge in [0.1, 0.15) is 0 Å². The maximum atomic E-state index is 12.8. The molecule has 3 rings (SSSR count). The molecule has 2 amide bonds. The molecule has 2 aromatic rings. The number of hydrogen-bond donors (Lipinski definition) is 1. The molecule has 1 heterocycles. The number of nitrogens with zero attached hydrogens (tertiary/aromatic N) is 1. The number of carbonyl (C=O) groups excluding carboxylic acids is 2. The Hall–Kier alpha value is -2.83. The molecule has 1 fully saturated rings. The molecule has 1 aliphatic rings. The first-order valence-electron chi connectivity index (χ1n) is 8.09. The molecule has 0 bridgehead atoms. The molecule has 0 spiro atoms. The van der Waals surface area contributed by atoms with Crippen LogP contribution < -0.4 is 10.2 Å². The molecule has 0 unspecified atom stereocenters. The van der Waals surface area contributed by atoms with E-state index in [1.807, 2.05) is 19.1 Å². The first kappa shape index (κ1) is 18.0. The van der Waals surface area contributed by atoms with E-state index in [-0.39, 0.29) is 24.6 Å². The van der Waals surface area contributed by atoms with Crippen molar-refractivity contribution in [3.63, 3.8) is 0 Å². The molecule has 0 aliphatic carbocycles. The Morgan fingerprint density at radius 3 is 2.50 bits per heavy atom. The van der Waals surface area contributed by atoms with Crippen LogP contribution >= 0.6 is 0 Å². The van der Waals surface area contributed by atoms with E-state index < -0.39 is 23.6 Å². The SMILES string of the molecule is Cc1ccc(N2C[C@@H](C(=O)Nc3cccc(C(F)(F)F)c3)CC2=O)cc1. The number of rotatable bonds is 3. The summed E-state index contributed by atoms with van der Waals surface area (Å²) in [6.45, 7) is 2.13. The van der Waals surface area contributed by atoms with Crippen LogP contribution in [-0.4, -0.2) is 18.4 Å². The summed E-state index contributed by atoms with van der Waals surface area (Å²) in [4.78, 5) is 26.1. The van der Waals surface area contributed by atoms with Crippen LogP contribution in [0.1, 0.15) is 17.5 Å². The molecule has 4 nitrogen and oxygen atoms in total. The molecule has 26 heavy (non-hydrogen) atoms. The van der Waals surface area contributed by atoms with E-state index in [4.69, 9.17) is 0 Å². The number of nitrogens with one attached hydrogen (secondary N) is 1. The molecule has 7 heteroatoms. The van der Waals surface area contributed by atoms with E-state index in [1.165, 1.54) is 17.0 Å². The van der Waals surface area contributed by atoms with Gasteiger partial charge in [0, 0.05) is 24.3 Å². The lowest BCUT2D eigenvalue weighted by atomic mass is 10.1. The standard InChI is InChI=1S/C19H17F3N2O2/c1-12-5-7-16(8-6-12)24-11-13(9-17(24)25)18(26)23-15-4-2-3-14(10-15)19(20,21)22/h2-8,10,13H,9,11H2,1H3,(H,23,26)/t13-/m0/s1. The van der Waals surface area contributed by atoms with Crippen molar-refractivity contribution >= 4 is 23.2 Å². The summed E-state index contributed by atoms with van der Waals surface area (Å²) in [6, 6.07) is 11.8. The highest BCUT2D eigenvalue weighted by atomic mass is 19.4. The van der Waals surface area contributed by atoms with Crippen molar-refractivity contribution < 1.29 is 22.8 Å². The second-order valence-corrected chi connectivity index (χ2v) is 6.31. The third-order valence-electron chi connectivity index (χ3n) is 4.30. The summed E-state index contributed by atoms with van der Waals surface area (Å²) < 4.78 is 38.3. The van der Waals surface area contributed by atoms with Crippen LogP contribution in [0.15, 0.2) is 48.5 Å². The average molecular weight is 362 g/mol. The summed E-state index contributed by atoms with van der Waals surface area (Å²) >= 11 is 0. The molecule has 0 aromatic heterocycles. The molecule has 0 radical (unpaired) electrons. The van der Waals surface area contributed by atoms with Gasteiger partial charge < -0.3 is 10.2 Å². The molecule has 1 aliphatic heterocycles. The van der Waals surface area contributed by atoms with Gasteiger partial charge in [0.2, 0.25) is 11.8 Å². The molecule has 1 N–H and O–H groups in total. The molecular weight excluding hydrogens is 345 g/mol. The van der Waals surface area contributed by atoms with Crippen LogP contribution in [0.4, 0.5) is 24.5 Å². The Bertz CT molecular complexity index is 831. The molecular formula is C19H17F3N2O2. The molecule has 1 atom stereocenters. The maximum Gasteiger partial charge on any atom is 0.416 e. The topological polar surface area (TPSA) is 49.4 Å². The minimum Gasteiger partial charge on any atom is -0.326 e. The average Bonchev–Trinajstić information content (AvgIpc) is 2.97. The summed E-state index contributed by atoms with van der Waals surface area (Å²) in [6.07, 6.45) is -4.45. The van der Waals surface area contributed by atoms with Gasteiger partial charge in [-0.3, -0.25) is 9.59 Å². The maximum absolute atomic E-state index is 12.8. The Morgan fingerprint density at radius 2 is 1.85 bits per heavy atom. The Morgan fingerprint density at radius 1 is 1.15 bits per heavy atom. The van der Waals surface area contributed by atoms with Crippen LogP contribution in [0.2, 0.25) is 0 Å². The number of halogens is 3. The minimum absolute atomic E-state index is 0.0265.